The minimum atomic E-state index is -1.12. The molecule has 17 heavy (non-hydrogen) atoms. The zero-order chi connectivity index (χ0) is 12.6. The van der Waals surface area contributed by atoms with Gasteiger partial charge >= 0.3 is 5.97 Å². The zero-order valence-corrected chi connectivity index (χ0v) is 9.70. The first-order chi connectivity index (χ1) is 8.02. The summed E-state index contributed by atoms with van der Waals surface area (Å²) in [6.07, 6.45) is 0.744. The van der Waals surface area contributed by atoms with Gasteiger partial charge in [-0.15, -0.1) is 0 Å². The van der Waals surface area contributed by atoms with Crippen LogP contribution in [0, 0.1) is 6.92 Å². The van der Waals surface area contributed by atoms with Gasteiger partial charge in [-0.25, -0.2) is 4.79 Å². The molecule has 0 unspecified atom stereocenters. The fraction of sp³-hybridized carbons (Fsp3) is 0.231. The Morgan fingerprint density at radius 1 is 1.35 bits per heavy atom. The molecule has 0 aliphatic rings. The molecule has 0 spiro atoms. The number of aromatic nitrogens is 1. The minimum Gasteiger partial charge on any atom is -0.477 e. The number of fused-ring (bicyclic) bond motifs is 1. The third-order valence-electron chi connectivity index (χ3n) is 2.77. The van der Waals surface area contributed by atoms with Crippen molar-refractivity contribution in [3.8, 4) is 0 Å². The number of hydrogen-bond donors (Lipinski definition) is 2. The first-order valence-corrected chi connectivity index (χ1v) is 5.42. The van der Waals surface area contributed by atoms with Crippen LogP contribution < -0.4 is 5.43 Å². The maximum Gasteiger partial charge on any atom is 0.352 e. The largest absolute Gasteiger partial charge is 0.477 e. The van der Waals surface area contributed by atoms with Gasteiger partial charge in [-0.3, -0.25) is 4.79 Å². The number of carboxylic acids is 1. The highest BCUT2D eigenvalue weighted by molar-refractivity contribution is 5.91. The first-order valence-electron chi connectivity index (χ1n) is 5.42. The number of carbonyl (C=O) groups is 1. The maximum atomic E-state index is 11.9. The Bertz CT molecular complexity index is 655. The number of H-pyrrole nitrogens is 1. The molecule has 2 N–H and O–H groups in total. The van der Waals surface area contributed by atoms with Gasteiger partial charge in [-0.05, 0) is 30.5 Å². The number of pyridine rings is 1. The van der Waals surface area contributed by atoms with Crippen molar-refractivity contribution in [2.45, 2.75) is 20.3 Å². The number of aryl methyl sites for hydroxylation is 2. The zero-order valence-electron chi connectivity index (χ0n) is 9.70. The van der Waals surface area contributed by atoms with Crippen molar-refractivity contribution in [2.24, 2.45) is 0 Å². The topological polar surface area (TPSA) is 70.2 Å². The van der Waals surface area contributed by atoms with Crippen molar-refractivity contribution in [1.29, 1.82) is 0 Å². The van der Waals surface area contributed by atoms with Crippen molar-refractivity contribution >= 4 is 16.9 Å². The Balaban J connectivity index is 2.90. The molecule has 1 aromatic heterocycles. The molecule has 0 amide bonds. The van der Waals surface area contributed by atoms with Crippen LogP contribution >= 0.6 is 0 Å². The second-order valence-corrected chi connectivity index (χ2v) is 4.05. The molecule has 4 heteroatoms. The van der Waals surface area contributed by atoms with Crippen LogP contribution in [0.15, 0.2) is 23.0 Å². The molecule has 0 radical (unpaired) electrons. The van der Waals surface area contributed by atoms with Crippen LogP contribution in [0.2, 0.25) is 0 Å². The Hall–Kier alpha value is -2.10. The summed E-state index contributed by atoms with van der Waals surface area (Å²) in [5, 5.41) is 9.48. The quantitative estimate of drug-likeness (QED) is 0.831. The summed E-state index contributed by atoms with van der Waals surface area (Å²) in [5.74, 6) is -1.12. The summed E-state index contributed by atoms with van der Waals surface area (Å²) in [5.41, 5.74) is 2.22. The summed E-state index contributed by atoms with van der Waals surface area (Å²) in [7, 11) is 0. The van der Waals surface area contributed by atoms with E-state index in [2.05, 4.69) is 4.98 Å². The lowest BCUT2D eigenvalue weighted by molar-refractivity contribution is 0.0691. The van der Waals surface area contributed by atoms with Crippen LogP contribution in [0.25, 0.3) is 10.9 Å². The average Bonchev–Trinajstić information content (AvgIpc) is 2.26. The Morgan fingerprint density at radius 2 is 2.06 bits per heavy atom. The van der Waals surface area contributed by atoms with Crippen LogP contribution in [-0.2, 0) is 6.42 Å². The molecule has 0 saturated carbocycles. The van der Waals surface area contributed by atoms with Gasteiger partial charge in [0.25, 0.3) is 0 Å². The Labute approximate surface area is 97.9 Å². The van der Waals surface area contributed by atoms with Gasteiger partial charge in [0.2, 0.25) is 0 Å². The summed E-state index contributed by atoms with van der Waals surface area (Å²) >= 11 is 0. The van der Waals surface area contributed by atoms with Crippen LogP contribution in [0.1, 0.15) is 28.5 Å². The lowest BCUT2D eigenvalue weighted by Gasteiger charge is -2.06. The Kier molecular flexibility index (Phi) is 2.71. The fourth-order valence-electron chi connectivity index (χ4n) is 2.03. The fourth-order valence-corrected chi connectivity index (χ4v) is 2.03. The third kappa shape index (κ3) is 1.93. The van der Waals surface area contributed by atoms with Gasteiger partial charge < -0.3 is 10.1 Å². The van der Waals surface area contributed by atoms with E-state index in [1.807, 2.05) is 19.9 Å². The summed E-state index contributed by atoms with van der Waals surface area (Å²) in [6, 6.07) is 4.89. The molecule has 0 fully saturated rings. The second-order valence-electron chi connectivity index (χ2n) is 4.05. The van der Waals surface area contributed by atoms with E-state index in [-0.39, 0.29) is 11.1 Å². The van der Waals surface area contributed by atoms with Gasteiger partial charge in [-0.1, -0.05) is 13.0 Å². The number of rotatable bonds is 2. The number of aromatic carboxylic acids is 1. The number of nitrogens with one attached hydrogen (secondary N) is 1. The number of aromatic amines is 1. The molecule has 1 heterocycles. The third-order valence-corrected chi connectivity index (χ3v) is 2.77. The van der Waals surface area contributed by atoms with E-state index in [9.17, 15) is 9.59 Å². The monoisotopic (exact) mass is 231 g/mol. The van der Waals surface area contributed by atoms with Crippen LogP contribution in [0.3, 0.4) is 0 Å². The highest BCUT2D eigenvalue weighted by Gasteiger charge is 2.10. The molecule has 0 bridgehead atoms. The van der Waals surface area contributed by atoms with Gasteiger partial charge in [-0.2, -0.15) is 0 Å². The normalized spacial score (nSPS) is 10.7. The number of carboxylic acid groups (broad SMARTS) is 1. The number of benzene rings is 1. The average molecular weight is 231 g/mol. The van der Waals surface area contributed by atoms with Crippen molar-refractivity contribution in [3.05, 3.63) is 45.2 Å². The highest BCUT2D eigenvalue weighted by Crippen LogP contribution is 2.17. The standard InChI is InChI=1S/C13H13NO3/c1-3-8-4-7(2)5-9-12(8)11(15)6-10(14-9)13(16)17/h4-6H,3H2,1-2H3,(H,14,15)(H,16,17). The predicted octanol–water partition coefficient (Wildman–Crippen LogP) is 2.10. The summed E-state index contributed by atoms with van der Waals surface area (Å²) in [4.78, 5) is 25.6. The molecule has 1 aromatic carbocycles. The van der Waals surface area contributed by atoms with E-state index in [1.54, 1.807) is 6.07 Å². The molecule has 0 saturated heterocycles. The molecule has 4 nitrogen and oxygen atoms in total. The summed E-state index contributed by atoms with van der Waals surface area (Å²) < 4.78 is 0. The summed E-state index contributed by atoms with van der Waals surface area (Å²) in [6.45, 7) is 3.89. The lowest BCUT2D eigenvalue weighted by Crippen LogP contribution is -2.11. The number of hydrogen-bond acceptors (Lipinski definition) is 2. The molecule has 2 rings (SSSR count). The first kappa shape index (κ1) is 11.4. The molecule has 88 valence electrons. The van der Waals surface area contributed by atoms with Crippen LogP contribution in [-0.4, -0.2) is 16.1 Å². The van der Waals surface area contributed by atoms with E-state index >= 15 is 0 Å². The van der Waals surface area contributed by atoms with Crippen molar-refractivity contribution in [2.75, 3.05) is 0 Å². The van der Waals surface area contributed by atoms with E-state index in [1.165, 1.54) is 0 Å². The Morgan fingerprint density at radius 3 is 2.65 bits per heavy atom. The van der Waals surface area contributed by atoms with E-state index < -0.39 is 5.97 Å². The smallest absolute Gasteiger partial charge is 0.352 e. The molecule has 2 aromatic rings. The van der Waals surface area contributed by atoms with Crippen molar-refractivity contribution < 1.29 is 9.90 Å². The van der Waals surface area contributed by atoms with Gasteiger partial charge in [0, 0.05) is 11.5 Å². The van der Waals surface area contributed by atoms with Gasteiger partial charge in [0.1, 0.15) is 5.69 Å². The molecule has 0 aliphatic heterocycles. The molecule has 0 atom stereocenters. The van der Waals surface area contributed by atoms with E-state index in [0.29, 0.717) is 10.9 Å². The van der Waals surface area contributed by atoms with E-state index in [0.717, 1.165) is 23.6 Å². The van der Waals surface area contributed by atoms with Crippen molar-refractivity contribution in [1.82, 2.24) is 4.98 Å². The van der Waals surface area contributed by atoms with Crippen LogP contribution in [0.4, 0.5) is 0 Å². The molecule has 0 aliphatic carbocycles. The maximum absolute atomic E-state index is 11.9. The van der Waals surface area contributed by atoms with Gasteiger partial charge in [0.15, 0.2) is 5.43 Å². The lowest BCUT2D eigenvalue weighted by atomic mass is 10.0. The van der Waals surface area contributed by atoms with Crippen molar-refractivity contribution in [3.63, 3.8) is 0 Å². The highest BCUT2D eigenvalue weighted by atomic mass is 16.4. The van der Waals surface area contributed by atoms with Crippen LogP contribution in [0.5, 0.6) is 0 Å². The SMILES string of the molecule is CCc1cc(C)cc2[nH]c(C(=O)O)cc(=O)c12. The minimum absolute atomic E-state index is 0.0739. The predicted molar refractivity (Wildman–Crippen MR) is 65.6 cm³/mol. The van der Waals surface area contributed by atoms with Gasteiger partial charge in [0.05, 0.1) is 5.52 Å². The molecular formula is C13H13NO3. The molecular weight excluding hydrogens is 218 g/mol. The second kappa shape index (κ2) is 4.05. The van der Waals surface area contributed by atoms with E-state index in [4.69, 9.17) is 5.11 Å².